The van der Waals surface area contributed by atoms with Crippen LogP contribution in [0.1, 0.15) is 0 Å². The molecule has 0 amide bonds. The van der Waals surface area contributed by atoms with Crippen molar-refractivity contribution in [1.29, 1.82) is 0 Å². The molecule has 36 valence electrons. The molecule has 0 aliphatic carbocycles. The lowest BCUT2D eigenvalue weighted by Gasteiger charge is -2.22. The van der Waals surface area contributed by atoms with Crippen molar-refractivity contribution in [1.82, 2.24) is 5.43 Å². The van der Waals surface area contributed by atoms with Crippen LogP contribution in [0.5, 0.6) is 0 Å². The third-order valence-electron chi connectivity index (χ3n) is 0.874. The molecule has 6 heavy (non-hydrogen) atoms. The van der Waals surface area contributed by atoms with Crippen molar-refractivity contribution in [3.63, 3.8) is 0 Å². The average Bonchev–Trinajstić information content (AvgIpc) is 1.31. The van der Waals surface area contributed by atoms with E-state index in [1.165, 1.54) is 11.5 Å². The van der Waals surface area contributed by atoms with E-state index in [0.717, 1.165) is 0 Å². The second-order valence-corrected chi connectivity index (χ2v) is 2.48. The van der Waals surface area contributed by atoms with Gasteiger partial charge < -0.3 is 0 Å². The Labute approximate surface area is 41.4 Å². The molecule has 0 bridgehead atoms. The summed E-state index contributed by atoms with van der Waals surface area (Å²) in [5.74, 6) is 7.45. The molecular weight excluding hydrogens is 96.1 g/mol. The van der Waals surface area contributed by atoms with Gasteiger partial charge in [-0.2, -0.15) is 11.8 Å². The van der Waals surface area contributed by atoms with Crippen molar-refractivity contribution in [3.8, 4) is 0 Å². The molecule has 1 aliphatic heterocycles. The fraction of sp³-hybridized carbons (Fsp3) is 1.00. The van der Waals surface area contributed by atoms with E-state index in [-0.39, 0.29) is 0 Å². The number of nitrogens with two attached hydrogens (primary N) is 1. The van der Waals surface area contributed by atoms with Gasteiger partial charge in [-0.25, -0.2) is 0 Å². The van der Waals surface area contributed by atoms with E-state index in [4.69, 9.17) is 5.84 Å². The van der Waals surface area contributed by atoms with Crippen molar-refractivity contribution in [2.75, 3.05) is 11.5 Å². The summed E-state index contributed by atoms with van der Waals surface area (Å²) in [5, 5.41) is 0. The molecule has 2 nitrogen and oxygen atoms in total. The van der Waals surface area contributed by atoms with Gasteiger partial charge >= 0.3 is 0 Å². The molecule has 3 heteroatoms. The lowest BCUT2D eigenvalue weighted by Crippen LogP contribution is -2.44. The fourth-order valence-corrected chi connectivity index (χ4v) is 0.996. The van der Waals surface area contributed by atoms with Crippen molar-refractivity contribution in [3.05, 3.63) is 0 Å². The summed E-state index contributed by atoms with van der Waals surface area (Å²) in [7, 11) is 0. The molecule has 1 aliphatic rings. The minimum Gasteiger partial charge on any atom is -0.271 e. The Kier molecular flexibility index (Phi) is 1.34. The Morgan fingerprint density at radius 3 is 2.33 bits per heavy atom. The topological polar surface area (TPSA) is 38.0 Å². The van der Waals surface area contributed by atoms with E-state index >= 15 is 0 Å². The fourth-order valence-electron chi connectivity index (χ4n) is 0.332. The van der Waals surface area contributed by atoms with Crippen LogP contribution in [0.25, 0.3) is 0 Å². The number of thioether (sulfide) groups is 1. The van der Waals surface area contributed by atoms with Crippen molar-refractivity contribution >= 4 is 11.8 Å². The highest BCUT2D eigenvalue weighted by atomic mass is 32.2. The lowest BCUT2D eigenvalue weighted by molar-refractivity contribution is 0.611. The van der Waals surface area contributed by atoms with Gasteiger partial charge in [0.15, 0.2) is 0 Å². The van der Waals surface area contributed by atoms with Gasteiger partial charge in [0.25, 0.3) is 0 Å². The van der Waals surface area contributed by atoms with E-state index in [0.29, 0.717) is 6.04 Å². The summed E-state index contributed by atoms with van der Waals surface area (Å²) in [4.78, 5) is 0. The molecule has 3 N–H and O–H groups in total. The normalized spacial score (nSPS) is 23.5. The smallest absolute Gasteiger partial charge is 0.0391 e. The van der Waals surface area contributed by atoms with Crippen molar-refractivity contribution < 1.29 is 0 Å². The first-order chi connectivity index (χ1) is 2.93. The van der Waals surface area contributed by atoms with Crippen LogP contribution in [0.2, 0.25) is 0 Å². The molecule has 1 saturated heterocycles. The number of hydrogen-bond acceptors (Lipinski definition) is 3. The van der Waals surface area contributed by atoms with Gasteiger partial charge in [0.05, 0.1) is 0 Å². The number of rotatable bonds is 1. The second kappa shape index (κ2) is 1.82. The Bertz CT molecular complexity index is 41.3. The molecule has 0 radical (unpaired) electrons. The third kappa shape index (κ3) is 0.668. The Morgan fingerprint density at radius 1 is 1.67 bits per heavy atom. The predicted molar refractivity (Wildman–Crippen MR) is 28.4 cm³/mol. The standard InChI is InChI=1S/C3H8N2S/c4-5-3-1-6-2-3/h3,5H,1-2,4H2. The lowest BCUT2D eigenvalue weighted by atomic mass is 10.4. The zero-order valence-electron chi connectivity index (χ0n) is 3.48. The molecule has 1 rings (SSSR count). The molecular formula is C3H8N2S. The summed E-state index contributed by atoms with van der Waals surface area (Å²) in [6, 6.07) is 0.606. The van der Waals surface area contributed by atoms with Crippen LogP contribution in [-0.4, -0.2) is 17.5 Å². The molecule has 0 aromatic heterocycles. The molecule has 0 saturated carbocycles. The van der Waals surface area contributed by atoms with Gasteiger partial charge in [-0.3, -0.25) is 11.3 Å². The third-order valence-corrected chi connectivity index (χ3v) is 2.15. The van der Waals surface area contributed by atoms with Gasteiger partial charge in [-0.15, -0.1) is 0 Å². The first kappa shape index (κ1) is 4.43. The molecule has 0 atom stereocenters. The minimum atomic E-state index is 0.606. The summed E-state index contributed by atoms with van der Waals surface area (Å²) in [6.07, 6.45) is 0. The van der Waals surface area contributed by atoms with Gasteiger partial charge in [0.1, 0.15) is 0 Å². The number of hydrogen-bond donors (Lipinski definition) is 2. The van der Waals surface area contributed by atoms with Crippen LogP contribution < -0.4 is 11.3 Å². The van der Waals surface area contributed by atoms with Gasteiger partial charge in [-0.05, 0) is 0 Å². The summed E-state index contributed by atoms with van der Waals surface area (Å²) in [6.45, 7) is 0. The second-order valence-electron chi connectivity index (χ2n) is 1.40. The summed E-state index contributed by atoms with van der Waals surface area (Å²) < 4.78 is 0. The number of nitrogens with one attached hydrogen (secondary N) is 1. The summed E-state index contributed by atoms with van der Waals surface area (Å²) in [5.41, 5.74) is 2.68. The highest BCUT2D eigenvalue weighted by Gasteiger charge is 2.14. The Hall–Kier alpha value is 0.270. The van der Waals surface area contributed by atoms with E-state index in [2.05, 4.69) is 5.43 Å². The number of hydrazine groups is 1. The van der Waals surface area contributed by atoms with Crippen molar-refractivity contribution in [2.24, 2.45) is 5.84 Å². The van der Waals surface area contributed by atoms with Crippen LogP contribution in [0.3, 0.4) is 0 Å². The first-order valence-electron chi connectivity index (χ1n) is 1.97. The molecule has 0 aromatic rings. The quantitative estimate of drug-likeness (QED) is 0.350. The highest BCUT2D eigenvalue weighted by molar-refractivity contribution is 8.00. The predicted octanol–water partition coefficient (Wildman–Crippen LogP) is -0.435. The maximum absolute atomic E-state index is 5.07. The van der Waals surface area contributed by atoms with Crippen LogP contribution >= 0.6 is 11.8 Å². The maximum atomic E-state index is 5.07. The molecule has 1 fully saturated rings. The largest absolute Gasteiger partial charge is 0.271 e. The van der Waals surface area contributed by atoms with E-state index in [1.54, 1.807) is 0 Å². The zero-order valence-corrected chi connectivity index (χ0v) is 4.29. The van der Waals surface area contributed by atoms with Gasteiger partial charge in [-0.1, -0.05) is 0 Å². The van der Waals surface area contributed by atoms with E-state index in [1.807, 2.05) is 11.8 Å². The van der Waals surface area contributed by atoms with Crippen LogP contribution in [0.4, 0.5) is 0 Å². The first-order valence-corrected chi connectivity index (χ1v) is 3.13. The van der Waals surface area contributed by atoms with Crippen LogP contribution in [0, 0.1) is 0 Å². The molecule has 0 spiro atoms. The summed E-state index contributed by atoms with van der Waals surface area (Å²) >= 11 is 1.93. The average molecular weight is 104 g/mol. The van der Waals surface area contributed by atoms with Gasteiger partial charge in [0, 0.05) is 17.5 Å². The monoisotopic (exact) mass is 104 g/mol. The van der Waals surface area contributed by atoms with Crippen molar-refractivity contribution in [2.45, 2.75) is 6.04 Å². The van der Waals surface area contributed by atoms with Gasteiger partial charge in [0.2, 0.25) is 0 Å². The maximum Gasteiger partial charge on any atom is 0.0391 e. The molecule has 0 unspecified atom stereocenters. The molecule has 0 aromatic carbocycles. The van der Waals surface area contributed by atoms with E-state index in [9.17, 15) is 0 Å². The van der Waals surface area contributed by atoms with Crippen LogP contribution in [0.15, 0.2) is 0 Å². The Morgan fingerprint density at radius 2 is 2.33 bits per heavy atom. The molecule has 1 heterocycles. The zero-order chi connectivity index (χ0) is 4.41. The Balaban J connectivity index is 2.01. The van der Waals surface area contributed by atoms with E-state index < -0.39 is 0 Å². The minimum absolute atomic E-state index is 0.606. The SMILES string of the molecule is NNC1CSC1. The van der Waals surface area contributed by atoms with Crippen LogP contribution in [-0.2, 0) is 0 Å². The highest BCUT2D eigenvalue weighted by Crippen LogP contribution is 2.15.